The molecule has 0 saturated heterocycles. The summed E-state index contributed by atoms with van der Waals surface area (Å²) in [7, 11) is 0. The fourth-order valence-corrected chi connectivity index (χ4v) is 2.16. The summed E-state index contributed by atoms with van der Waals surface area (Å²) in [6.07, 6.45) is 2.18. The Labute approximate surface area is 112 Å². The Morgan fingerprint density at radius 2 is 1.89 bits per heavy atom. The normalized spacial score (nSPS) is 12.1. The second kappa shape index (κ2) is 5.65. The molecule has 0 spiro atoms. The van der Waals surface area contributed by atoms with Gasteiger partial charge in [0.1, 0.15) is 0 Å². The average molecular weight is 255 g/mol. The van der Waals surface area contributed by atoms with Gasteiger partial charge in [0.2, 0.25) is 5.70 Å². The second-order valence-electron chi connectivity index (χ2n) is 5.06. The van der Waals surface area contributed by atoms with E-state index in [1.807, 2.05) is 56.3 Å². The number of hydrogen-bond acceptors (Lipinski definition) is 2. The van der Waals surface area contributed by atoms with Crippen molar-refractivity contribution in [1.82, 2.24) is 0 Å². The molecule has 3 heteroatoms. The van der Waals surface area contributed by atoms with E-state index < -0.39 is 0 Å². The van der Waals surface area contributed by atoms with Gasteiger partial charge < -0.3 is 0 Å². The van der Waals surface area contributed by atoms with Crippen molar-refractivity contribution in [2.75, 3.05) is 0 Å². The number of allylic oxidation sites excluding steroid dienone is 1. The first-order chi connectivity index (χ1) is 9.08. The Kier molecular flexibility index (Phi) is 3.95. The van der Waals surface area contributed by atoms with Gasteiger partial charge in [0.15, 0.2) is 0 Å². The van der Waals surface area contributed by atoms with Crippen LogP contribution in [0.25, 0.3) is 16.8 Å². The zero-order chi connectivity index (χ0) is 13.8. The predicted octanol–water partition coefficient (Wildman–Crippen LogP) is 4.50. The van der Waals surface area contributed by atoms with Crippen LogP contribution in [0.1, 0.15) is 25.8 Å². The van der Waals surface area contributed by atoms with Crippen LogP contribution in [0.15, 0.2) is 48.2 Å². The molecule has 0 saturated carbocycles. The van der Waals surface area contributed by atoms with E-state index in [0.29, 0.717) is 6.42 Å². The zero-order valence-corrected chi connectivity index (χ0v) is 11.2. The van der Waals surface area contributed by atoms with Gasteiger partial charge in [-0.15, -0.1) is 0 Å². The largest absolute Gasteiger partial charge is 0.259 e. The average Bonchev–Trinajstić information content (AvgIpc) is 2.37. The van der Waals surface area contributed by atoms with Crippen molar-refractivity contribution >= 4 is 16.8 Å². The maximum atomic E-state index is 11.1. The highest BCUT2D eigenvalue weighted by Crippen LogP contribution is 2.23. The molecule has 0 heterocycles. The number of hydrogen-bond donors (Lipinski definition) is 0. The van der Waals surface area contributed by atoms with Crippen LogP contribution in [0, 0.1) is 16.0 Å². The van der Waals surface area contributed by atoms with Gasteiger partial charge in [-0.2, -0.15) is 0 Å². The molecule has 0 fully saturated rings. The van der Waals surface area contributed by atoms with Crippen molar-refractivity contribution in [2.24, 2.45) is 5.92 Å². The maximum absolute atomic E-state index is 11.1. The van der Waals surface area contributed by atoms with E-state index in [-0.39, 0.29) is 16.5 Å². The Morgan fingerprint density at radius 3 is 2.58 bits per heavy atom. The molecule has 0 atom stereocenters. The molecule has 0 amide bonds. The molecule has 0 bridgehead atoms. The third kappa shape index (κ3) is 3.19. The fourth-order valence-electron chi connectivity index (χ4n) is 2.16. The summed E-state index contributed by atoms with van der Waals surface area (Å²) >= 11 is 0. The molecule has 19 heavy (non-hydrogen) atoms. The molecule has 0 aliphatic carbocycles. The van der Waals surface area contributed by atoms with Gasteiger partial charge in [0, 0.05) is 12.5 Å². The van der Waals surface area contributed by atoms with Crippen molar-refractivity contribution in [3.63, 3.8) is 0 Å². The Balaban J connectivity index is 2.51. The summed E-state index contributed by atoms with van der Waals surface area (Å²) in [5.74, 6) is 0.270. The van der Waals surface area contributed by atoms with Crippen molar-refractivity contribution in [1.29, 1.82) is 0 Å². The Hall–Kier alpha value is -2.16. The number of fused-ring (bicyclic) bond motifs is 1. The van der Waals surface area contributed by atoms with Crippen LogP contribution < -0.4 is 0 Å². The van der Waals surface area contributed by atoms with E-state index >= 15 is 0 Å². The van der Waals surface area contributed by atoms with E-state index in [9.17, 15) is 10.1 Å². The number of rotatable bonds is 4. The number of benzene rings is 2. The molecule has 0 aliphatic rings. The van der Waals surface area contributed by atoms with Gasteiger partial charge in [-0.25, -0.2) is 0 Å². The van der Waals surface area contributed by atoms with E-state index in [1.165, 1.54) is 0 Å². The topological polar surface area (TPSA) is 43.1 Å². The molecular weight excluding hydrogens is 238 g/mol. The Bertz CT molecular complexity index is 624. The summed E-state index contributed by atoms with van der Waals surface area (Å²) in [6.45, 7) is 3.97. The minimum absolute atomic E-state index is 0.270. The SMILES string of the molecule is CC(C)C/C(=C\c1cccc2ccccc12)[N+](=O)[O-]. The van der Waals surface area contributed by atoms with E-state index in [1.54, 1.807) is 6.08 Å². The molecule has 0 radical (unpaired) electrons. The summed E-state index contributed by atoms with van der Waals surface area (Å²) in [5, 5.41) is 13.3. The first-order valence-electron chi connectivity index (χ1n) is 6.40. The minimum atomic E-state index is -0.276. The van der Waals surface area contributed by atoms with Crippen molar-refractivity contribution in [2.45, 2.75) is 20.3 Å². The van der Waals surface area contributed by atoms with Gasteiger partial charge in [-0.3, -0.25) is 10.1 Å². The molecule has 0 aliphatic heterocycles. The lowest BCUT2D eigenvalue weighted by atomic mass is 10.0. The molecule has 0 unspecified atom stereocenters. The third-order valence-corrected chi connectivity index (χ3v) is 3.00. The van der Waals surface area contributed by atoms with Crippen LogP contribution in [0.4, 0.5) is 0 Å². The molecule has 3 nitrogen and oxygen atoms in total. The van der Waals surface area contributed by atoms with Crippen LogP contribution in [0.5, 0.6) is 0 Å². The Morgan fingerprint density at radius 1 is 1.21 bits per heavy atom. The minimum Gasteiger partial charge on any atom is -0.259 e. The lowest BCUT2D eigenvalue weighted by Gasteiger charge is -2.05. The van der Waals surface area contributed by atoms with Gasteiger partial charge in [0.25, 0.3) is 0 Å². The van der Waals surface area contributed by atoms with Gasteiger partial charge in [-0.1, -0.05) is 56.3 Å². The maximum Gasteiger partial charge on any atom is 0.247 e. The second-order valence-corrected chi connectivity index (χ2v) is 5.06. The highest BCUT2D eigenvalue weighted by Gasteiger charge is 2.13. The van der Waals surface area contributed by atoms with Crippen LogP contribution >= 0.6 is 0 Å². The first-order valence-corrected chi connectivity index (χ1v) is 6.40. The van der Waals surface area contributed by atoms with Crippen molar-refractivity contribution in [3.05, 3.63) is 63.8 Å². The summed E-state index contributed by atoms with van der Waals surface area (Å²) in [6, 6.07) is 13.8. The lowest BCUT2D eigenvalue weighted by Crippen LogP contribution is -2.02. The fraction of sp³-hybridized carbons (Fsp3) is 0.250. The van der Waals surface area contributed by atoms with Gasteiger partial charge >= 0.3 is 0 Å². The summed E-state index contributed by atoms with van der Waals surface area (Å²) in [4.78, 5) is 10.8. The summed E-state index contributed by atoms with van der Waals surface area (Å²) in [5.41, 5.74) is 1.18. The zero-order valence-electron chi connectivity index (χ0n) is 11.2. The van der Waals surface area contributed by atoms with Gasteiger partial charge in [0.05, 0.1) is 4.92 Å². The predicted molar refractivity (Wildman–Crippen MR) is 78.4 cm³/mol. The molecular formula is C16H17NO2. The first kappa shape index (κ1) is 13.3. The number of nitro groups is 1. The highest BCUT2D eigenvalue weighted by atomic mass is 16.6. The smallest absolute Gasteiger partial charge is 0.247 e. The molecule has 2 rings (SSSR count). The molecule has 98 valence electrons. The van der Waals surface area contributed by atoms with Crippen molar-refractivity contribution < 1.29 is 4.92 Å². The monoisotopic (exact) mass is 255 g/mol. The third-order valence-electron chi connectivity index (χ3n) is 3.00. The van der Waals surface area contributed by atoms with E-state index in [4.69, 9.17) is 0 Å². The molecule has 2 aromatic rings. The highest BCUT2D eigenvalue weighted by molar-refractivity contribution is 5.90. The quantitative estimate of drug-likeness (QED) is 0.596. The van der Waals surface area contributed by atoms with E-state index in [2.05, 4.69) is 0 Å². The van der Waals surface area contributed by atoms with Crippen LogP contribution in [-0.2, 0) is 0 Å². The number of nitrogens with zero attached hydrogens (tertiary/aromatic N) is 1. The molecule has 0 N–H and O–H groups in total. The molecule has 0 aromatic heterocycles. The standard InChI is InChI=1S/C16H17NO2/c1-12(2)10-15(17(18)19)11-14-8-5-7-13-6-3-4-9-16(13)14/h3-9,11-12H,10H2,1-2H3/b15-11+. The van der Waals surface area contributed by atoms with Crippen molar-refractivity contribution in [3.8, 4) is 0 Å². The summed E-state index contributed by atoms with van der Waals surface area (Å²) < 4.78 is 0. The van der Waals surface area contributed by atoms with Crippen LogP contribution in [-0.4, -0.2) is 4.92 Å². The lowest BCUT2D eigenvalue weighted by molar-refractivity contribution is -0.427. The van der Waals surface area contributed by atoms with E-state index in [0.717, 1.165) is 16.3 Å². The van der Waals surface area contributed by atoms with Crippen LogP contribution in [0.2, 0.25) is 0 Å². The van der Waals surface area contributed by atoms with Crippen LogP contribution in [0.3, 0.4) is 0 Å². The molecule has 2 aromatic carbocycles. The van der Waals surface area contributed by atoms with Gasteiger partial charge in [-0.05, 0) is 22.3 Å².